The smallest absolute Gasteiger partial charge is 0.352 e. The van der Waals surface area contributed by atoms with E-state index in [1.807, 2.05) is 145 Å². The number of aromatic nitrogens is 17. The normalized spacial score (nSPS) is 10.6. The Hall–Kier alpha value is -17.8. The molecule has 0 spiro atoms. The molecule has 0 saturated heterocycles. The monoisotopic (exact) mass is 2130 g/mol. The van der Waals surface area contributed by atoms with Gasteiger partial charge in [-0.15, -0.1) is 43.0 Å². The highest BCUT2D eigenvalue weighted by Crippen LogP contribution is 2.61. The molecule has 0 aliphatic carbocycles. The van der Waals surface area contributed by atoms with Crippen molar-refractivity contribution in [3.63, 3.8) is 0 Å². The predicted octanol–water partition coefficient (Wildman–Crippen LogP) is 15.4. The molecule has 8 aromatic carbocycles. The Balaban J connectivity index is 0.000000171. The molecule has 149 heavy (non-hydrogen) atoms. The van der Waals surface area contributed by atoms with Crippen LogP contribution in [0.2, 0.25) is 0 Å². The Morgan fingerprint density at radius 2 is 0.691 bits per heavy atom. The first-order valence-corrected chi connectivity index (χ1v) is 48.7. The minimum absolute atomic E-state index is 0. The number of para-hydroxylation sites is 5. The van der Waals surface area contributed by atoms with E-state index < -0.39 is 40.3 Å². The van der Waals surface area contributed by atoms with Crippen LogP contribution in [0.15, 0.2) is 201 Å². The number of amides is 2. The van der Waals surface area contributed by atoms with Gasteiger partial charge in [-0.1, -0.05) is 91.0 Å². The number of fused-ring (bicyclic) bond motifs is 8. The average molecular weight is 2130 g/mol. The number of nitrogens with one attached hydrogen (secondary N) is 10. The Morgan fingerprint density at radius 3 is 0.980 bits per heavy atom. The summed E-state index contributed by atoms with van der Waals surface area (Å²) < 4.78 is 57.7. The van der Waals surface area contributed by atoms with Crippen molar-refractivity contribution < 1.29 is 94.5 Å². The zero-order chi connectivity index (χ0) is 106. The lowest BCUT2D eigenvalue weighted by atomic mass is 10.2. The van der Waals surface area contributed by atoms with Crippen LogP contribution >= 0.6 is 51.3 Å². The summed E-state index contributed by atoms with van der Waals surface area (Å²) in [6.45, 7) is 5.52. The van der Waals surface area contributed by atoms with Gasteiger partial charge in [0.25, 0.3) is 41.3 Å². The van der Waals surface area contributed by atoms with E-state index in [1.54, 1.807) is 91.2 Å². The van der Waals surface area contributed by atoms with Gasteiger partial charge in [0.1, 0.15) is 45.9 Å². The number of anilines is 6. The number of rotatable bonds is 30. The van der Waals surface area contributed by atoms with Crippen molar-refractivity contribution in [2.24, 2.45) is 11.5 Å². The van der Waals surface area contributed by atoms with Gasteiger partial charge in [0, 0.05) is 149 Å². The number of benzene rings is 8. The van der Waals surface area contributed by atoms with Crippen molar-refractivity contribution in [3.05, 3.63) is 217 Å². The largest absolute Gasteiger partial charge is 0.493 e. The van der Waals surface area contributed by atoms with Crippen LogP contribution < -0.4 is 83.9 Å². The lowest BCUT2D eigenvalue weighted by molar-refractivity contribution is -0.137. The number of Topliss-reactive ketones (excluding diaryl/α,β-unsaturated/α-hetero) is 6. The summed E-state index contributed by atoms with van der Waals surface area (Å²) in [6, 6.07) is 57.8. The Morgan fingerprint density at radius 1 is 0.389 bits per heavy atom. The molecule has 0 radical (unpaired) electrons. The molecular formula is C97H98Cl4N27O20P. The van der Waals surface area contributed by atoms with Crippen molar-refractivity contribution in [1.29, 1.82) is 0 Å². The lowest BCUT2D eigenvalue weighted by Gasteiger charge is -2.11. The van der Waals surface area contributed by atoms with Crippen molar-refractivity contribution in [1.82, 2.24) is 96.3 Å². The third-order valence-electron chi connectivity index (χ3n) is 20.9. The molecule has 11 aromatic heterocycles. The van der Waals surface area contributed by atoms with E-state index in [0.29, 0.717) is 165 Å². The number of carboxylic acid groups (broad SMARTS) is 1. The maximum atomic E-state index is 12.5. The second-order valence-electron chi connectivity index (χ2n) is 31.1. The van der Waals surface area contributed by atoms with E-state index in [2.05, 4.69) is 141 Å². The van der Waals surface area contributed by atoms with Gasteiger partial charge in [-0.05, 0) is 125 Å². The van der Waals surface area contributed by atoms with Gasteiger partial charge in [-0.2, -0.15) is 15.0 Å². The number of nitrogens with two attached hydrogens (primary N) is 5. The van der Waals surface area contributed by atoms with Crippen molar-refractivity contribution >= 4 is 226 Å². The van der Waals surface area contributed by atoms with Crippen LogP contribution in [0.5, 0.6) is 34.5 Å². The average Bonchev–Trinajstić information content (AvgIpc) is 1.78. The Bertz CT molecular complexity index is 7680. The number of halogens is 4. The molecule has 0 aliphatic rings. The second kappa shape index (κ2) is 52.7. The van der Waals surface area contributed by atoms with Gasteiger partial charge in [-0.25, -0.2) is 19.7 Å². The second-order valence-corrected chi connectivity index (χ2v) is 37.7. The van der Waals surface area contributed by atoms with Crippen LogP contribution in [0.25, 0.3) is 122 Å². The number of H-pyrrole nitrogens is 5. The molecule has 0 bridgehead atoms. The number of hydrazine groups is 1. The number of ketones is 6. The van der Waals surface area contributed by atoms with E-state index >= 15 is 0 Å². The molecule has 0 aliphatic heterocycles. The summed E-state index contributed by atoms with van der Waals surface area (Å²) in [5, 5.41) is 44.9. The number of aromatic carboxylic acids is 1. The maximum absolute atomic E-state index is 12.5. The van der Waals surface area contributed by atoms with Crippen LogP contribution in [0.1, 0.15) is 99.5 Å². The number of methoxy groups -OCH3 is 6. The van der Waals surface area contributed by atoms with Crippen molar-refractivity contribution in [2.75, 3.05) is 109 Å². The SMILES string of the molecule is CC(=O)C(=O)CN.CC(=O)C(=O)NNC(=O)c1cc2ccccc2[nH]1.CC(=O)c1nnc(-c2cc3ccccc3[nH]2)o1.COc1cc2nc(NCCCC(=O)c3nnc(-c4cc5ccccc5[nH]4)o3)nc(N)c2cc1OC.COc1cc2nc(NCCCC(=O)c3nnc(-c4cc5ccccc5[nH]4)o3)nc(N)c2cc1OC.COc1cc2nc(NCCN)nc(N)c2cc1OC.Cl.O=C(O)c1cc2ccccc2[nH]1.O=P(Cl)(Cl)Cl. The van der Waals surface area contributed by atoms with Crippen molar-refractivity contribution in [3.8, 4) is 69.3 Å². The molecule has 0 atom stereocenters. The number of ether oxygens (including phenoxy) is 6. The molecule has 52 heteroatoms. The van der Waals surface area contributed by atoms with E-state index in [1.165, 1.54) is 13.8 Å². The van der Waals surface area contributed by atoms with Crippen LogP contribution in [0, 0.1) is 0 Å². The fourth-order valence-corrected chi connectivity index (χ4v) is 13.7. The third-order valence-corrected chi connectivity index (χ3v) is 20.9. The topological polar surface area (TPSA) is 710 Å². The highest BCUT2D eigenvalue weighted by molar-refractivity contribution is 8.24. The van der Waals surface area contributed by atoms with Gasteiger partial charge in [-0.3, -0.25) is 53.8 Å². The zero-order valence-corrected chi connectivity index (χ0v) is 84.7. The molecule has 0 fully saturated rings. The molecule has 774 valence electrons. The standard InChI is InChI=1S/2C24H23N7O4.C12H17N5O2.C12H11N3O3.C12H9N3O2.C9H7NO2.C4H7NO2.Cl3OP.ClH/c2*1-33-19-11-14-16(12-20(19)34-2)28-24(29-21(14)25)26-9-5-8-18(32)23-31-30-22(35-23)17-10-13-6-3-4-7-15(13)27-17;1-18-9-5-7-8(6-10(9)19-2)16-12(15-4-3-13)17-11(7)14;1-7(16)11(17)14-15-12(18)10-6-8-4-2-3-5-9(8)13-10;1-7(16)11-14-15-12(17-11)10-6-8-4-2-3-5-9(8)13-10;11-9(12)8-5-6-3-1-2-4-7(6)10-8;1-3(6)4(7)2-5;1-5(2,3)4;/h2*3-4,6-7,10-12,27H,5,8-9H2,1-2H3,(H3,25,26,28,29);5-6H,3-4,13H2,1-2H3,(H3,14,15,16,17);2-6,13H,1H3,(H,14,17)(H,15,18);2-6,13H,1H3;1-5,10H,(H,11,12);2,5H2,1H3;;1H. The minimum atomic E-state index is -3.22. The van der Waals surface area contributed by atoms with Crippen LogP contribution in [0.4, 0.5) is 35.3 Å². The highest BCUT2D eigenvalue weighted by Gasteiger charge is 2.24. The van der Waals surface area contributed by atoms with Crippen LogP contribution in [-0.4, -0.2) is 218 Å². The van der Waals surface area contributed by atoms with E-state index in [-0.39, 0.29) is 84.3 Å². The summed E-state index contributed by atoms with van der Waals surface area (Å²) in [5.41, 5.74) is 41.6. The van der Waals surface area contributed by atoms with Gasteiger partial charge < -0.3 is 116 Å². The maximum Gasteiger partial charge on any atom is 0.352 e. The summed E-state index contributed by atoms with van der Waals surface area (Å²) in [7, 11) is 9.34. The molecule has 19 rings (SSSR count). The van der Waals surface area contributed by atoms with E-state index in [9.17, 15) is 47.7 Å². The van der Waals surface area contributed by atoms with Crippen LogP contribution in [-0.2, 0) is 23.7 Å². The number of aromatic amines is 5. The fraction of sp³-hybridized carbons (Fsp3) is 0.186. The highest BCUT2D eigenvalue weighted by atomic mass is 36.0. The quantitative estimate of drug-likeness (QED) is 0.00653. The number of hydrogen-bond donors (Lipinski definition) is 16. The Kier molecular flexibility index (Phi) is 39.4. The Labute approximate surface area is 864 Å². The minimum Gasteiger partial charge on any atom is -0.493 e. The number of nitrogens with zero attached hydrogens (tertiary/aromatic N) is 12. The number of nitrogen functional groups attached to an aromatic ring is 3. The first-order valence-electron chi connectivity index (χ1n) is 44.3. The number of carbonyl (C=O) groups is 9. The van der Waals surface area contributed by atoms with Gasteiger partial charge in [0.15, 0.2) is 40.3 Å². The van der Waals surface area contributed by atoms with Gasteiger partial charge in [0.05, 0.1) is 65.8 Å². The van der Waals surface area contributed by atoms with Gasteiger partial charge >= 0.3 is 17.1 Å². The van der Waals surface area contributed by atoms with Crippen molar-refractivity contribution in [2.45, 2.75) is 46.5 Å². The molecule has 19 aromatic rings. The number of carbonyl (C=O) groups excluding carboxylic acids is 8. The number of hydrogen-bond acceptors (Lipinski definition) is 39. The summed E-state index contributed by atoms with van der Waals surface area (Å²) in [4.78, 5) is 141. The van der Waals surface area contributed by atoms with Gasteiger partial charge in [0.2, 0.25) is 46.8 Å². The molecule has 21 N–H and O–H groups in total. The first kappa shape index (κ1) is 112. The van der Waals surface area contributed by atoms with Crippen LogP contribution in [0.3, 0.4) is 0 Å². The predicted molar refractivity (Wildman–Crippen MR) is 565 cm³/mol. The van der Waals surface area contributed by atoms with E-state index in [0.717, 1.165) is 66.8 Å². The molecule has 0 unspecified atom stereocenters. The summed E-state index contributed by atoms with van der Waals surface area (Å²) in [6.07, 6.45) is 1.46. The third kappa shape index (κ3) is 30.4. The molecule has 47 nitrogen and oxygen atoms in total. The molecular weight excluding hydrogens is 2040 g/mol. The first-order chi connectivity index (χ1) is 71.1. The fourth-order valence-electron chi connectivity index (χ4n) is 13.7. The summed E-state index contributed by atoms with van der Waals surface area (Å²) >= 11 is 13.8. The molecule has 2 amide bonds. The lowest BCUT2D eigenvalue weighted by Crippen LogP contribution is -2.44. The van der Waals surface area contributed by atoms with E-state index in [4.69, 9.17) is 75.4 Å². The summed E-state index contributed by atoms with van der Waals surface area (Å²) in [5.74, 6) is 1.70. The zero-order valence-electron chi connectivity index (χ0n) is 80.7. The molecule has 11 heterocycles. The molecule has 0 saturated carbocycles. The number of carboxylic acids is 1.